The van der Waals surface area contributed by atoms with E-state index in [0.29, 0.717) is 24.2 Å². The molecule has 10 nitrogen and oxygen atoms in total. The number of amidine groups is 2. The summed E-state index contributed by atoms with van der Waals surface area (Å²) in [5, 5.41) is 26.7. The molecule has 2 N–H and O–H groups in total. The number of nitrogens with zero attached hydrogens (tertiary/aromatic N) is 7. The molecular weight excluding hydrogens is 370 g/mol. The van der Waals surface area contributed by atoms with Gasteiger partial charge in [0.25, 0.3) is 0 Å². The summed E-state index contributed by atoms with van der Waals surface area (Å²) >= 11 is 0. The van der Waals surface area contributed by atoms with Crippen LogP contribution in [-0.2, 0) is 0 Å². The van der Waals surface area contributed by atoms with Gasteiger partial charge < -0.3 is 15.4 Å². The summed E-state index contributed by atoms with van der Waals surface area (Å²) in [6.07, 6.45) is 7.32. The van der Waals surface area contributed by atoms with Crippen LogP contribution in [0.15, 0.2) is 52.7 Å². The van der Waals surface area contributed by atoms with Crippen molar-refractivity contribution < 1.29 is 4.74 Å². The molecule has 0 spiro atoms. The van der Waals surface area contributed by atoms with E-state index in [1.165, 1.54) is 6.33 Å². The van der Waals surface area contributed by atoms with E-state index in [4.69, 9.17) is 4.74 Å². The predicted molar refractivity (Wildman–Crippen MR) is 107 cm³/mol. The van der Waals surface area contributed by atoms with Crippen LogP contribution in [0.2, 0.25) is 0 Å². The molecule has 1 aliphatic carbocycles. The van der Waals surface area contributed by atoms with Crippen LogP contribution in [0.5, 0.6) is 5.75 Å². The van der Waals surface area contributed by atoms with Gasteiger partial charge in [0.05, 0.1) is 31.1 Å². The zero-order valence-corrected chi connectivity index (χ0v) is 15.8. The minimum Gasteiger partial charge on any atom is -0.497 e. The van der Waals surface area contributed by atoms with Gasteiger partial charge in [0, 0.05) is 29.9 Å². The van der Waals surface area contributed by atoms with Crippen molar-refractivity contribution in [1.82, 2.24) is 25.1 Å². The number of aromatic nitrogens is 3. The summed E-state index contributed by atoms with van der Waals surface area (Å²) < 4.78 is 7.08. The Morgan fingerprint density at radius 3 is 2.90 bits per heavy atom. The molecule has 29 heavy (non-hydrogen) atoms. The van der Waals surface area contributed by atoms with Crippen molar-refractivity contribution >= 4 is 17.4 Å². The number of ether oxygens (including phenoxy) is 1. The maximum absolute atomic E-state index is 9.45. The molecule has 1 aromatic carbocycles. The lowest BCUT2D eigenvalue weighted by Crippen LogP contribution is -2.40. The quantitative estimate of drug-likeness (QED) is 0.791. The van der Waals surface area contributed by atoms with E-state index in [2.05, 4.69) is 36.9 Å². The third-order valence-electron chi connectivity index (χ3n) is 4.83. The summed E-state index contributed by atoms with van der Waals surface area (Å²) in [6, 6.07) is 8.00. The molecule has 0 saturated heterocycles. The summed E-state index contributed by atoms with van der Waals surface area (Å²) in [5.74, 6) is 2.02. The Morgan fingerprint density at radius 1 is 1.28 bits per heavy atom. The zero-order chi connectivity index (χ0) is 19.8. The van der Waals surface area contributed by atoms with E-state index in [-0.39, 0.29) is 0 Å². The molecule has 0 bridgehead atoms. The molecule has 3 heterocycles. The number of nitrogens with one attached hydrogen (secondary N) is 2. The maximum atomic E-state index is 9.45. The predicted octanol–water partition coefficient (Wildman–Crippen LogP) is 1.26. The standard InChI is InChI=1S/C19H19N9O/c1-29-16-5-13(4-14(6-16)27-11-21-10-23-27)25-18-7-17(24-12-2-3-12)19-22-9-15(8-20)28(19)26-18/h4-7,10-12,15,24H,2-3,9H2,1H3,(H,25,26). The first-order valence-corrected chi connectivity index (χ1v) is 9.35. The molecule has 1 saturated carbocycles. The number of hydrogen-bond donors (Lipinski definition) is 2. The summed E-state index contributed by atoms with van der Waals surface area (Å²) in [5.41, 5.74) is 2.48. The van der Waals surface area contributed by atoms with Crippen molar-refractivity contribution in [2.75, 3.05) is 19.0 Å². The molecule has 2 aliphatic heterocycles. The van der Waals surface area contributed by atoms with Gasteiger partial charge in [-0.05, 0) is 18.9 Å². The van der Waals surface area contributed by atoms with Crippen molar-refractivity contribution in [2.24, 2.45) is 10.1 Å². The van der Waals surface area contributed by atoms with Gasteiger partial charge >= 0.3 is 0 Å². The fourth-order valence-electron chi connectivity index (χ4n) is 3.25. The molecule has 146 valence electrons. The highest BCUT2D eigenvalue weighted by molar-refractivity contribution is 6.13. The van der Waals surface area contributed by atoms with Crippen LogP contribution in [0.25, 0.3) is 5.69 Å². The molecule has 2 aromatic rings. The van der Waals surface area contributed by atoms with Gasteiger partial charge in [0.1, 0.15) is 18.4 Å². The Morgan fingerprint density at radius 2 is 2.17 bits per heavy atom. The lowest BCUT2D eigenvalue weighted by atomic mass is 10.2. The summed E-state index contributed by atoms with van der Waals surface area (Å²) in [6.45, 7) is 0.419. The van der Waals surface area contributed by atoms with Gasteiger partial charge in [-0.1, -0.05) is 0 Å². The Bertz CT molecular complexity index is 1060. The molecule has 0 amide bonds. The van der Waals surface area contributed by atoms with E-state index in [1.807, 2.05) is 24.3 Å². The molecule has 3 aliphatic rings. The van der Waals surface area contributed by atoms with Crippen LogP contribution in [0.3, 0.4) is 0 Å². The van der Waals surface area contributed by atoms with Crippen LogP contribution in [-0.4, -0.2) is 57.2 Å². The maximum Gasteiger partial charge on any atom is 0.169 e. The smallest absolute Gasteiger partial charge is 0.169 e. The fraction of sp³-hybridized carbons (Fsp3) is 0.316. The fourth-order valence-corrected chi connectivity index (χ4v) is 3.25. The van der Waals surface area contributed by atoms with E-state index in [9.17, 15) is 5.26 Å². The number of benzene rings is 1. The largest absolute Gasteiger partial charge is 0.497 e. The second kappa shape index (κ2) is 6.94. The molecular formula is C19H19N9O. The lowest BCUT2D eigenvalue weighted by molar-refractivity contribution is 0.414. The molecule has 1 unspecified atom stereocenters. The highest BCUT2D eigenvalue weighted by Gasteiger charge is 2.35. The second-order valence-electron chi connectivity index (χ2n) is 7.00. The average Bonchev–Trinajstić information content (AvgIpc) is 3.21. The highest BCUT2D eigenvalue weighted by atomic mass is 16.5. The van der Waals surface area contributed by atoms with Crippen LogP contribution >= 0.6 is 0 Å². The Labute approximate surface area is 167 Å². The molecule has 0 radical (unpaired) electrons. The summed E-state index contributed by atoms with van der Waals surface area (Å²) in [7, 11) is 1.62. The average molecular weight is 389 g/mol. The first-order chi connectivity index (χ1) is 14.2. The third-order valence-corrected chi connectivity index (χ3v) is 4.83. The second-order valence-corrected chi connectivity index (χ2v) is 7.00. The van der Waals surface area contributed by atoms with Crippen molar-refractivity contribution in [1.29, 1.82) is 5.26 Å². The van der Waals surface area contributed by atoms with E-state index in [0.717, 1.165) is 35.7 Å². The van der Waals surface area contributed by atoms with Crippen LogP contribution in [0, 0.1) is 11.3 Å². The topological polar surface area (TPSA) is 116 Å². The number of hydrogen-bond acceptors (Lipinski definition) is 9. The van der Waals surface area contributed by atoms with E-state index >= 15 is 0 Å². The first-order valence-electron chi connectivity index (χ1n) is 9.35. The lowest BCUT2D eigenvalue weighted by Gasteiger charge is -2.26. The number of nitriles is 1. The molecule has 1 aromatic heterocycles. The molecule has 1 atom stereocenters. The minimum absolute atomic E-state index is 0.400. The van der Waals surface area contributed by atoms with E-state index in [1.54, 1.807) is 23.1 Å². The van der Waals surface area contributed by atoms with Crippen molar-refractivity contribution in [3.05, 3.63) is 42.6 Å². The molecule has 1 fully saturated rings. The Balaban J connectivity index is 1.47. The number of methoxy groups -OCH3 is 1. The summed E-state index contributed by atoms with van der Waals surface area (Å²) in [4.78, 5) is 8.50. The number of rotatable bonds is 5. The van der Waals surface area contributed by atoms with Crippen molar-refractivity contribution in [3.63, 3.8) is 0 Å². The third kappa shape index (κ3) is 3.38. The molecule has 10 heteroatoms. The highest BCUT2D eigenvalue weighted by Crippen LogP contribution is 2.27. The minimum atomic E-state index is -0.400. The van der Waals surface area contributed by atoms with Gasteiger partial charge in [-0.25, -0.2) is 14.7 Å². The normalized spacial score (nSPS) is 20.2. The zero-order valence-electron chi connectivity index (χ0n) is 15.8. The SMILES string of the molecule is COc1cc(NC2=NN3C(=NCC3C#N)C(NC3CC3)=C2)cc(-n2cncn2)c1. The van der Waals surface area contributed by atoms with Crippen molar-refractivity contribution in [2.45, 2.75) is 24.9 Å². The van der Waals surface area contributed by atoms with Gasteiger partial charge in [-0.3, -0.25) is 4.99 Å². The number of hydrazone groups is 1. The Kier molecular flexibility index (Phi) is 4.13. The number of anilines is 1. The van der Waals surface area contributed by atoms with E-state index < -0.39 is 6.04 Å². The molecule has 5 rings (SSSR count). The monoisotopic (exact) mass is 389 g/mol. The van der Waals surface area contributed by atoms with Gasteiger partial charge in [0.2, 0.25) is 0 Å². The Hall–Kier alpha value is -3.87. The first kappa shape index (κ1) is 17.2. The van der Waals surface area contributed by atoms with Crippen LogP contribution in [0.4, 0.5) is 5.69 Å². The van der Waals surface area contributed by atoms with Crippen LogP contribution in [0.1, 0.15) is 12.8 Å². The van der Waals surface area contributed by atoms with Crippen LogP contribution < -0.4 is 15.4 Å². The number of aliphatic imine (C=N–C) groups is 1. The number of fused-ring (bicyclic) bond motifs is 1. The van der Waals surface area contributed by atoms with Gasteiger partial charge in [-0.2, -0.15) is 15.5 Å². The van der Waals surface area contributed by atoms with Gasteiger partial charge in [0.15, 0.2) is 17.7 Å². The van der Waals surface area contributed by atoms with Crippen molar-refractivity contribution in [3.8, 4) is 17.5 Å². The van der Waals surface area contributed by atoms with Gasteiger partial charge in [-0.15, -0.1) is 0 Å².